The van der Waals surface area contributed by atoms with Crippen molar-refractivity contribution in [3.05, 3.63) is 76.5 Å². The largest absolute Gasteiger partial charge is 0.497 e. The molecular weight excluding hydrogens is 400 g/mol. The number of benzene rings is 2. The maximum absolute atomic E-state index is 12.8. The van der Waals surface area contributed by atoms with Crippen molar-refractivity contribution in [1.82, 2.24) is 10.6 Å². The lowest BCUT2D eigenvalue weighted by molar-refractivity contribution is -0.139. The molecule has 0 aliphatic carbocycles. The molecule has 0 bridgehead atoms. The van der Waals surface area contributed by atoms with Crippen LogP contribution in [0.15, 0.2) is 59.8 Å². The van der Waals surface area contributed by atoms with E-state index < -0.39 is 24.0 Å². The van der Waals surface area contributed by atoms with Gasteiger partial charge in [0.2, 0.25) is 0 Å². The summed E-state index contributed by atoms with van der Waals surface area (Å²) < 4.78 is 15.8. The minimum Gasteiger partial charge on any atom is -0.497 e. The Labute approximate surface area is 180 Å². The van der Waals surface area contributed by atoms with Gasteiger partial charge in [-0.25, -0.2) is 14.4 Å². The highest BCUT2D eigenvalue weighted by molar-refractivity contribution is 5.95. The number of nitrogens with one attached hydrogen (secondary N) is 2. The highest BCUT2D eigenvalue weighted by atomic mass is 16.5. The fraction of sp³-hybridized carbons (Fsp3) is 0.261. The molecule has 1 atom stereocenters. The number of ether oxygens (including phenoxy) is 3. The predicted octanol–water partition coefficient (Wildman–Crippen LogP) is 3.03. The number of methoxy groups -OCH3 is 1. The van der Waals surface area contributed by atoms with E-state index in [1.807, 2.05) is 6.07 Å². The number of carbonyl (C=O) groups is 3. The molecule has 1 unspecified atom stereocenters. The van der Waals surface area contributed by atoms with Crippen LogP contribution in [-0.2, 0) is 14.3 Å². The maximum atomic E-state index is 12.8. The molecular formula is C23H24N2O6. The van der Waals surface area contributed by atoms with Crippen LogP contribution in [0.5, 0.6) is 5.75 Å². The van der Waals surface area contributed by atoms with E-state index in [0.29, 0.717) is 16.9 Å². The van der Waals surface area contributed by atoms with Crippen LogP contribution in [0.25, 0.3) is 0 Å². The zero-order valence-corrected chi connectivity index (χ0v) is 17.6. The van der Waals surface area contributed by atoms with Gasteiger partial charge in [-0.05, 0) is 43.2 Å². The molecule has 2 aromatic carbocycles. The van der Waals surface area contributed by atoms with Gasteiger partial charge in [0.05, 0.1) is 36.6 Å². The normalized spacial score (nSPS) is 15.6. The monoisotopic (exact) mass is 424 g/mol. The molecule has 162 valence electrons. The Morgan fingerprint density at radius 1 is 1.00 bits per heavy atom. The van der Waals surface area contributed by atoms with Gasteiger partial charge in [-0.15, -0.1) is 0 Å². The van der Waals surface area contributed by atoms with E-state index in [9.17, 15) is 14.4 Å². The second-order valence-corrected chi connectivity index (χ2v) is 6.81. The first-order valence-corrected chi connectivity index (χ1v) is 9.79. The van der Waals surface area contributed by atoms with Gasteiger partial charge in [-0.2, -0.15) is 0 Å². The molecule has 0 saturated carbocycles. The third kappa shape index (κ3) is 5.03. The first-order chi connectivity index (χ1) is 14.9. The minimum atomic E-state index is -0.772. The van der Waals surface area contributed by atoms with Gasteiger partial charge in [0.1, 0.15) is 12.4 Å². The van der Waals surface area contributed by atoms with Crippen LogP contribution in [0.1, 0.15) is 34.5 Å². The molecule has 31 heavy (non-hydrogen) atoms. The van der Waals surface area contributed by atoms with Crippen molar-refractivity contribution in [3.8, 4) is 5.75 Å². The summed E-state index contributed by atoms with van der Waals surface area (Å²) in [6.07, 6.45) is 0. The van der Waals surface area contributed by atoms with Crippen molar-refractivity contribution in [2.75, 3.05) is 20.3 Å². The summed E-state index contributed by atoms with van der Waals surface area (Å²) in [6.45, 7) is 3.35. The fourth-order valence-electron chi connectivity index (χ4n) is 3.25. The summed E-state index contributed by atoms with van der Waals surface area (Å²) in [5, 5.41) is 5.30. The van der Waals surface area contributed by atoms with Crippen LogP contribution >= 0.6 is 0 Å². The first kappa shape index (κ1) is 21.9. The van der Waals surface area contributed by atoms with Crippen molar-refractivity contribution in [2.45, 2.75) is 19.9 Å². The Bertz CT molecular complexity index is 1010. The molecule has 0 fully saturated rings. The summed E-state index contributed by atoms with van der Waals surface area (Å²) >= 11 is 0. The van der Waals surface area contributed by atoms with Gasteiger partial charge in [-0.1, -0.05) is 30.3 Å². The standard InChI is InChI=1S/C23H24N2O6/c1-4-30-22(27)19-18(13-31-21(26)17-8-6-5-7-14(17)2)24-23(28)25-20(19)15-9-11-16(29-3)12-10-15/h5-12,20H,4,13H2,1-3H3,(H2,24,25,28). The number of aryl methyl sites for hydroxylation is 1. The van der Waals surface area contributed by atoms with E-state index in [2.05, 4.69) is 10.6 Å². The Hall–Kier alpha value is -3.81. The quantitative estimate of drug-likeness (QED) is 0.663. The lowest BCUT2D eigenvalue weighted by Gasteiger charge is -2.29. The molecule has 0 aromatic heterocycles. The lowest BCUT2D eigenvalue weighted by Crippen LogP contribution is -2.47. The Morgan fingerprint density at radius 3 is 2.35 bits per heavy atom. The summed E-state index contributed by atoms with van der Waals surface area (Å²) in [6, 6.07) is 12.6. The third-order valence-corrected chi connectivity index (χ3v) is 4.81. The van der Waals surface area contributed by atoms with E-state index in [-0.39, 0.29) is 24.5 Å². The van der Waals surface area contributed by atoms with E-state index in [1.54, 1.807) is 63.4 Å². The molecule has 0 radical (unpaired) electrons. The molecule has 0 spiro atoms. The molecule has 2 amide bonds. The molecule has 1 aliphatic heterocycles. The minimum absolute atomic E-state index is 0.155. The van der Waals surface area contributed by atoms with Gasteiger partial charge in [0, 0.05) is 0 Å². The number of hydrogen-bond donors (Lipinski definition) is 2. The van der Waals surface area contributed by atoms with Crippen molar-refractivity contribution < 1.29 is 28.6 Å². The van der Waals surface area contributed by atoms with Gasteiger partial charge < -0.3 is 24.8 Å². The van der Waals surface area contributed by atoms with Crippen LogP contribution in [0, 0.1) is 6.92 Å². The van der Waals surface area contributed by atoms with Gasteiger partial charge in [0.15, 0.2) is 0 Å². The van der Waals surface area contributed by atoms with E-state index in [4.69, 9.17) is 14.2 Å². The zero-order valence-electron chi connectivity index (χ0n) is 17.6. The number of amides is 2. The fourth-order valence-corrected chi connectivity index (χ4v) is 3.25. The average Bonchev–Trinajstić information content (AvgIpc) is 2.77. The van der Waals surface area contributed by atoms with E-state index in [0.717, 1.165) is 5.56 Å². The second-order valence-electron chi connectivity index (χ2n) is 6.81. The predicted molar refractivity (Wildman–Crippen MR) is 113 cm³/mol. The SMILES string of the molecule is CCOC(=O)C1=C(COC(=O)c2ccccc2C)NC(=O)NC1c1ccc(OC)cc1. The first-order valence-electron chi connectivity index (χ1n) is 9.79. The van der Waals surface area contributed by atoms with Crippen LogP contribution in [0.4, 0.5) is 4.79 Å². The number of urea groups is 1. The van der Waals surface area contributed by atoms with Crippen LogP contribution in [0.3, 0.4) is 0 Å². The molecule has 8 nitrogen and oxygen atoms in total. The number of hydrogen-bond acceptors (Lipinski definition) is 6. The Balaban J connectivity index is 1.93. The van der Waals surface area contributed by atoms with Crippen molar-refractivity contribution in [1.29, 1.82) is 0 Å². The number of rotatable bonds is 7. The summed E-state index contributed by atoms with van der Waals surface area (Å²) in [5.74, 6) is -0.529. The average molecular weight is 424 g/mol. The molecule has 2 N–H and O–H groups in total. The van der Waals surface area contributed by atoms with E-state index >= 15 is 0 Å². The van der Waals surface area contributed by atoms with Gasteiger partial charge in [0.25, 0.3) is 0 Å². The van der Waals surface area contributed by atoms with Crippen molar-refractivity contribution in [3.63, 3.8) is 0 Å². The highest BCUT2D eigenvalue weighted by Crippen LogP contribution is 2.29. The highest BCUT2D eigenvalue weighted by Gasteiger charge is 2.34. The van der Waals surface area contributed by atoms with Crippen LogP contribution in [0.2, 0.25) is 0 Å². The van der Waals surface area contributed by atoms with Crippen molar-refractivity contribution >= 4 is 18.0 Å². The topological polar surface area (TPSA) is 103 Å². The molecule has 1 heterocycles. The molecule has 2 aromatic rings. The number of carbonyl (C=O) groups excluding carboxylic acids is 3. The second kappa shape index (κ2) is 9.80. The maximum Gasteiger partial charge on any atom is 0.338 e. The summed E-state index contributed by atoms with van der Waals surface area (Å²) in [5.41, 5.74) is 2.17. The van der Waals surface area contributed by atoms with Gasteiger partial charge in [-0.3, -0.25) is 0 Å². The number of esters is 2. The van der Waals surface area contributed by atoms with Crippen LogP contribution < -0.4 is 15.4 Å². The summed E-state index contributed by atoms with van der Waals surface area (Å²) in [7, 11) is 1.55. The molecule has 8 heteroatoms. The zero-order chi connectivity index (χ0) is 22.4. The molecule has 1 aliphatic rings. The molecule has 0 saturated heterocycles. The Kier molecular flexibility index (Phi) is 6.92. The lowest BCUT2D eigenvalue weighted by atomic mass is 9.95. The Morgan fingerprint density at radius 2 is 1.71 bits per heavy atom. The smallest absolute Gasteiger partial charge is 0.338 e. The van der Waals surface area contributed by atoms with Gasteiger partial charge >= 0.3 is 18.0 Å². The summed E-state index contributed by atoms with van der Waals surface area (Å²) in [4.78, 5) is 37.6. The third-order valence-electron chi connectivity index (χ3n) is 4.81. The van der Waals surface area contributed by atoms with E-state index in [1.165, 1.54) is 0 Å². The van der Waals surface area contributed by atoms with Crippen LogP contribution in [-0.4, -0.2) is 38.3 Å². The molecule has 3 rings (SSSR count). The van der Waals surface area contributed by atoms with Crippen molar-refractivity contribution in [2.24, 2.45) is 0 Å².